The van der Waals surface area contributed by atoms with Crippen LogP contribution in [0.4, 0.5) is 18.3 Å². The molecule has 0 unspecified atom stereocenters. The largest absolute Gasteiger partial charge is 0.497 e. The SMILES string of the molecule is COc1ccc(-n2nc(C)c3sc(N(C)CC(=O)NCc4ccc(C(F)(F)F)cc4)nc32)cc1. The number of anilines is 1. The van der Waals surface area contributed by atoms with Gasteiger partial charge in [-0.25, -0.2) is 4.68 Å². The highest BCUT2D eigenvalue weighted by molar-refractivity contribution is 7.22. The first kappa shape index (κ1) is 23.6. The predicted molar refractivity (Wildman–Crippen MR) is 125 cm³/mol. The van der Waals surface area contributed by atoms with Crippen molar-refractivity contribution in [2.24, 2.45) is 0 Å². The number of carbonyl (C=O) groups is 1. The van der Waals surface area contributed by atoms with E-state index in [0.717, 1.165) is 34.0 Å². The van der Waals surface area contributed by atoms with E-state index in [2.05, 4.69) is 15.4 Å². The number of thiazole rings is 1. The summed E-state index contributed by atoms with van der Waals surface area (Å²) in [5.41, 5.74) is 2.22. The maximum absolute atomic E-state index is 12.7. The molecule has 34 heavy (non-hydrogen) atoms. The molecule has 0 aliphatic heterocycles. The van der Waals surface area contributed by atoms with E-state index in [1.54, 1.807) is 23.7 Å². The van der Waals surface area contributed by atoms with E-state index in [0.29, 0.717) is 16.3 Å². The Morgan fingerprint density at radius 1 is 1.15 bits per heavy atom. The first-order chi connectivity index (χ1) is 16.2. The van der Waals surface area contributed by atoms with E-state index in [1.807, 2.05) is 31.2 Å². The minimum absolute atomic E-state index is 0.0474. The highest BCUT2D eigenvalue weighted by Gasteiger charge is 2.29. The van der Waals surface area contributed by atoms with Crippen LogP contribution < -0.4 is 15.0 Å². The lowest BCUT2D eigenvalue weighted by molar-refractivity contribution is -0.137. The molecule has 2 aromatic carbocycles. The monoisotopic (exact) mass is 489 g/mol. The van der Waals surface area contributed by atoms with Crippen molar-refractivity contribution in [1.82, 2.24) is 20.1 Å². The molecule has 0 spiro atoms. The Kier molecular flexibility index (Phi) is 6.47. The number of hydrogen-bond donors (Lipinski definition) is 1. The van der Waals surface area contributed by atoms with Crippen LogP contribution >= 0.6 is 11.3 Å². The Bertz CT molecular complexity index is 1300. The lowest BCUT2D eigenvalue weighted by atomic mass is 10.1. The number of fused-ring (bicyclic) bond motifs is 1. The van der Waals surface area contributed by atoms with Crippen molar-refractivity contribution in [3.8, 4) is 11.4 Å². The molecule has 2 heterocycles. The van der Waals surface area contributed by atoms with Crippen LogP contribution in [-0.4, -0.2) is 41.4 Å². The van der Waals surface area contributed by atoms with Gasteiger partial charge in [0.2, 0.25) is 5.91 Å². The second kappa shape index (κ2) is 9.34. The molecule has 0 bridgehead atoms. The molecule has 0 saturated heterocycles. The van der Waals surface area contributed by atoms with Gasteiger partial charge in [-0.15, -0.1) is 0 Å². The molecule has 0 radical (unpaired) electrons. The first-order valence-electron chi connectivity index (χ1n) is 10.3. The van der Waals surface area contributed by atoms with E-state index >= 15 is 0 Å². The standard InChI is InChI=1S/C23H22F3N5O2S/c1-14-20-21(31(29-14)17-8-10-18(33-3)11-9-17)28-22(34-20)30(2)13-19(32)27-12-15-4-6-16(7-5-15)23(24,25)26/h4-11H,12-13H2,1-3H3,(H,27,32). The van der Waals surface area contributed by atoms with E-state index in [4.69, 9.17) is 4.74 Å². The normalized spacial score (nSPS) is 11.6. The van der Waals surface area contributed by atoms with Gasteiger partial charge in [-0.05, 0) is 48.9 Å². The van der Waals surface area contributed by atoms with Crippen LogP contribution in [0, 0.1) is 6.92 Å². The first-order valence-corrected chi connectivity index (χ1v) is 11.1. The van der Waals surface area contributed by atoms with Crippen molar-refractivity contribution < 1.29 is 22.7 Å². The van der Waals surface area contributed by atoms with Crippen LogP contribution in [0.25, 0.3) is 16.0 Å². The average molecular weight is 490 g/mol. The molecule has 1 N–H and O–H groups in total. The van der Waals surface area contributed by atoms with Crippen LogP contribution in [-0.2, 0) is 17.5 Å². The summed E-state index contributed by atoms with van der Waals surface area (Å²) in [7, 11) is 3.36. The van der Waals surface area contributed by atoms with Crippen LogP contribution in [0.5, 0.6) is 5.75 Å². The summed E-state index contributed by atoms with van der Waals surface area (Å²) in [6, 6.07) is 12.2. The number of hydrogen-bond acceptors (Lipinski definition) is 6. The highest BCUT2D eigenvalue weighted by Crippen LogP contribution is 2.32. The number of aryl methyl sites for hydroxylation is 1. The number of ether oxygens (including phenoxy) is 1. The summed E-state index contributed by atoms with van der Waals surface area (Å²) >= 11 is 1.44. The quantitative estimate of drug-likeness (QED) is 0.412. The number of methoxy groups -OCH3 is 1. The minimum atomic E-state index is -4.38. The van der Waals surface area contributed by atoms with Gasteiger partial charge in [-0.2, -0.15) is 23.3 Å². The lowest BCUT2D eigenvalue weighted by Gasteiger charge is -2.15. The number of benzene rings is 2. The van der Waals surface area contributed by atoms with E-state index in [9.17, 15) is 18.0 Å². The summed E-state index contributed by atoms with van der Waals surface area (Å²) < 4.78 is 45.9. The second-order valence-electron chi connectivity index (χ2n) is 7.67. The number of rotatable bonds is 7. The van der Waals surface area contributed by atoms with Crippen molar-refractivity contribution in [3.63, 3.8) is 0 Å². The van der Waals surface area contributed by atoms with E-state index in [-0.39, 0.29) is 19.0 Å². The van der Waals surface area contributed by atoms with Gasteiger partial charge in [0, 0.05) is 13.6 Å². The van der Waals surface area contributed by atoms with Crippen LogP contribution in [0.2, 0.25) is 0 Å². The molecule has 4 rings (SSSR count). The zero-order valence-electron chi connectivity index (χ0n) is 18.7. The number of alkyl halides is 3. The molecule has 1 amide bonds. The zero-order chi connectivity index (χ0) is 24.5. The predicted octanol–water partition coefficient (Wildman–Crippen LogP) is 4.57. The van der Waals surface area contributed by atoms with Gasteiger partial charge >= 0.3 is 6.18 Å². The summed E-state index contributed by atoms with van der Waals surface area (Å²) in [6.45, 7) is 2.09. The van der Waals surface area contributed by atoms with Crippen molar-refractivity contribution in [3.05, 3.63) is 65.4 Å². The molecule has 0 fully saturated rings. The number of carbonyl (C=O) groups excluding carboxylic acids is 1. The number of aromatic nitrogens is 3. The fourth-order valence-electron chi connectivity index (χ4n) is 3.34. The summed E-state index contributed by atoms with van der Waals surface area (Å²) in [5.74, 6) is 0.472. The number of nitrogens with one attached hydrogen (secondary N) is 1. The number of likely N-dealkylation sites (N-methyl/N-ethyl adjacent to an activating group) is 1. The second-order valence-corrected chi connectivity index (χ2v) is 8.65. The Balaban J connectivity index is 1.42. The molecule has 7 nitrogen and oxygen atoms in total. The van der Waals surface area contributed by atoms with E-state index < -0.39 is 11.7 Å². The van der Waals surface area contributed by atoms with Crippen molar-refractivity contribution in [1.29, 1.82) is 0 Å². The molecular formula is C23H22F3N5O2S. The summed E-state index contributed by atoms with van der Waals surface area (Å²) in [6.07, 6.45) is -4.38. The third kappa shape index (κ3) is 4.98. The molecule has 0 atom stereocenters. The number of nitrogens with zero attached hydrogens (tertiary/aromatic N) is 4. The van der Waals surface area contributed by atoms with Gasteiger partial charge < -0.3 is 15.0 Å². The maximum Gasteiger partial charge on any atom is 0.416 e. The fourth-order valence-corrected chi connectivity index (χ4v) is 4.29. The third-order valence-electron chi connectivity index (χ3n) is 5.17. The maximum atomic E-state index is 12.7. The van der Waals surface area contributed by atoms with Crippen LogP contribution in [0.15, 0.2) is 48.5 Å². The van der Waals surface area contributed by atoms with Crippen molar-refractivity contribution >= 4 is 32.7 Å². The molecule has 0 aliphatic rings. The number of halogens is 3. The van der Waals surface area contributed by atoms with Gasteiger partial charge in [-0.3, -0.25) is 4.79 Å². The Hall–Kier alpha value is -3.60. The van der Waals surface area contributed by atoms with Crippen molar-refractivity contribution in [2.45, 2.75) is 19.6 Å². The highest BCUT2D eigenvalue weighted by atomic mass is 32.1. The average Bonchev–Trinajstić information content (AvgIpc) is 3.38. The Morgan fingerprint density at radius 3 is 2.44 bits per heavy atom. The summed E-state index contributed by atoms with van der Waals surface area (Å²) in [5, 5.41) is 7.96. The van der Waals surface area contributed by atoms with Gasteiger partial charge in [-0.1, -0.05) is 23.5 Å². The zero-order valence-corrected chi connectivity index (χ0v) is 19.5. The molecule has 178 valence electrons. The molecule has 4 aromatic rings. The van der Waals surface area contributed by atoms with E-state index in [1.165, 1.54) is 23.5 Å². The topological polar surface area (TPSA) is 72.3 Å². The molecule has 0 saturated carbocycles. The molecule has 11 heteroatoms. The van der Waals surface area contributed by atoms with Gasteiger partial charge in [0.1, 0.15) is 5.75 Å². The van der Waals surface area contributed by atoms with Crippen LogP contribution in [0.1, 0.15) is 16.8 Å². The molecule has 0 aliphatic carbocycles. The van der Waals surface area contributed by atoms with Gasteiger partial charge in [0.05, 0.1) is 35.3 Å². The third-order valence-corrected chi connectivity index (χ3v) is 6.44. The lowest BCUT2D eigenvalue weighted by Crippen LogP contribution is -2.34. The van der Waals surface area contributed by atoms with Gasteiger partial charge in [0.15, 0.2) is 10.8 Å². The van der Waals surface area contributed by atoms with Crippen molar-refractivity contribution in [2.75, 3.05) is 25.6 Å². The van der Waals surface area contributed by atoms with Gasteiger partial charge in [0.25, 0.3) is 0 Å². The Labute approximate surface area is 197 Å². The fraction of sp³-hybridized carbons (Fsp3) is 0.261. The molecule has 2 aromatic heterocycles. The number of amides is 1. The summed E-state index contributed by atoms with van der Waals surface area (Å²) in [4.78, 5) is 18.8. The van der Waals surface area contributed by atoms with Crippen LogP contribution in [0.3, 0.4) is 0 Å². The smallest absolute Gasteiger partial charge is 0.416 e. The molecular weight excluding hydrogens is 467 g/mol. The minimum Gasteiger partial charge on any atom is -0.497 e. The Morgan fingerprint density at radius 2 is 1.82 bits per heavy atom.